The summed E-state index contributed by atoms with van der Waals surface area (Å²) in [7, 11) is 1.65. The highest BCUT2D eigenvalue weighted by molar-refractivity contribution is 6.01. The van der Waals surface area contributed by atoms with Crippen molar-refractivity contribution < 1.29 is 32.3 Å². The maximum atomic E-state index is 13.7. The number of carbonyl (C=O) groups excluding carboxylic acids is 4. The zero-order valence-corrected chi connectivity index (χ0v) is 25.7. The van der Waals surface area contributed by atoms with Crippen molar-refractivity contribution in [2.24, 2.45) is 18.9 Å². The highest BCUT2D eigenvalue weighted by Gasteiger charge is 2.54. The van der Waals surface area contributed by atoms with Crippen molar-refractivity contribution in [1.82, 2.24) is 30.6 Å². The highest BCUT2D eigenvalue weighted by atomic mass is 19.4. The molecule has 14 heteroatoms. The van der Waals surface area contributed by atoms with Crippen LogP contribution >= 0.6 is 0 Å². The lowest BCUT2D eigenvalue weighted by molar-refractivity contribution is -0.144. The molecule has 11 nitrogen and oxygen atoms in total. The fourth-order valence-electron chi connectivity index (χ4n) is 6.76. The van der Waals surface area contributed by atoms with Crippen LogP contribution in [0.3, 0.4) is 0 Å². The van der Waals surface area contributed by atoms with Gasteiger partial charge in [-0.1, -0.05) is 39.2 Å². The zero-order valence-electron chi connectivity index (χ0n) is 25.7. The van der Waals surface area contributed by atoms with Crippen molar-refractivity contribution in [2.45, 2.75) is 82.6 Å². The molecule has 244 valence electrons. The minimum absolute atomic E-state index is 0.0166. The van der Waals surface area contributed by atoms with Crippen molar-refractivity contribution in [3.8, 4) is 0 Å². The van der Waals surface area contributed by atoms with Crippen LogP contribution in [0.1, 0.15) is 67.6 Å². The summed E-state index contributed by atoms with van der Waals surface area (Å²) in [5, 5.41) is 14.7. The third-order valence-corrected chi connectivity index (χ3v) is 9.31. The van der Waals surface area contributed by atoms with Gasteiger partial charge in [0.1, 0.15) is 23.8 Å². The van der Waals surface area contributed by atoms with E-state index in [0.29, 0.717) is 22.5 Å². The van der Waals surface area contributed by atoms with E-state index in [1.54, 1.807) is 31.3 Å². The molecule has 0 bridgehead atoms. The number of hydrogen-bond acceptors (Lipinski definition) is 5. The second-order valence-electron chi connectivity index (χ2n) is 12.8. The van der Waals surface area contributed by atoms with Crippen LogP contribution in [-0.2, 0) is 29.5 Å². The van der Waals surface area contributed by atoms with Gasteiger partial charge in [-0.3, -0.25) is 19.1 Å². The topological polar surface area (TPSA) is 137 Å². The lowest BCUT2D eigenvalue weighted by atomic mass is 9.83. The van der Waals surface area contributed by atoms with Gasteiger partial charge >= 0.3 is 12.2 Å². The van der Waals surface area contributed by atoms with Gasteiger partial charge in [-0.25, -0.2) is 4.79 Å². The Morgan fingerprint density at radius 3 is 2.42 bits per heavy atom. The van der Waals surface area contributed by atoms with Crippen molar-refractivity contribution >= 4 is 29.4 Å². The Kier molecular flexibility index (Phi) is 9.13. The van der Waals surface area contributed by atoms with E-state index in [1.165, 1.54) is 15.8 Å². The first-order valence-electron chi connectivity index (χ1n) is 15.4. The van der Waals surface area contributed by atoms with Gasteiger partial charge in [0.05, 0.1) is 6.04 Å². The van der Waals surface area contributed by atoms with E-state index in [0.717, 1.165) is 32.1 Å². The van der Waals surface area contributed by atoms with Crippen LogP contribution in [0, 0.1) is 11.8 Å². The van der Waals surface area contributed by atoms with E-state index in [4.69, 9.17) is 0 Å². The standard InChI is InChI=1S/C31H40F3N7O4/c1-18(2)23-16-41(29(45)38-23)30(28(44)35-17-31(32,33)34)14-20-9-10-22(13-21(20)15-30)37-27(43)25(19-7-5-4-6-8-19)39-26(42)24-11-12-36-40(24)3/h9-13,18-19,23,25H,4-8,14-17H2,1-3H3,(H,35,44)(H,37,43)(H,38,45)(H,39,42)/t23-,25-,30?/m0/s1. The molecule has 45 heavy (non-hydrogen) atoms. The number of aromatic nitrogens is 2. The fourth-order valence-corrected chi connectivity index (χ4v) is 6.76. The number of urea groups is 1. The maximum absolute atomic E-state index is 13.7. The molecule has 5 rings (SSSR count). The smallest absolute Gasteiger partial charge is 0.345 e. The van der Waals surface area contributed by atoms with Crippen LogP contribution in [0.5, 0.6) is 0 Å². The van der Waals surface area contributed by atoms with E-state index < -0.39 is 42.1 Å². The number of anilines is 1. The van der Waals surface area contributed by atoms with Crippen molar-refractivity contribution in [3.63, 3.8) is 0 Å². The number of rotatable bonds is 9. The summed E-state index contributed by atoms with van der Waals surface area (Å²) in [5.41, 5.74) is 0.526. The molecule has 2 heterocycles. The summed E-state index contributed by atoms with van der Waals surface area (Å²) in [6, 6.07) is 5.10. The number of halogens is 3. The molecule has 3 aliphatic rings. The molecule has 2 aromatic rings. The van der Waals surface area contributed by atoms with Gasteiger partial charge in [0.15, 0.2) is 0 Å². The van der Waals surface area contributed by atoms with Gasteiger partial charge in [0.2, 0.25) is 11.8 Å². The van der Waals surface area contributed by atoms with Gasteiger partial charge in [-0.15, -0.1) is 0 Å². The molecule has 4 N–H and O–H groups in total. The molecule has 2 fully saturated rings. The van der Waals surface area contributed by atoms with Crippen LogP contribution in [0.4, 0.5) is 23.7 Å². The Morgan fingerprint density at radius 2 is 1.80 bits per heavy atom. The predicted molar refractivity (Wildman–Crippen MR) is 159 cm³/mol. The van der Waals surface area contributed by atoms with Gasteiger partial charge in [0, 0.05) is 38.3 Å². The number of amides is 5. The molecule has 1 aromatic heterocycles. The largest absolute Gasteiger partial charge is 0.405 e. The van der Waals surface area contributed by atoms with Crippen molar-refractivity contribution in [1.29, 1.82) is 0 Å². The average Bonchev–Trinajstić information content (AvgIpc) is 3.71. The molecule has 2 aliphatic carbocycles. The lowest BCUT2D eigenvalue weighted by Crippen LogP contribution is -2.61. The first kappa shape index (κ1) is 32.3. The van der Waals surface area contributed by atoms with Crippen molar-refractivity contribution in [3.05, 3.63) is 47.3 Å². The number of carbonyl (C=O) groups is 4. The first-order valence-corrected chi connectivity index (χ1v) is 15.4. The maximum Gasteiger partial charge on any atom is 0.405 e. The van der Waals surface area contributed by atoms with Gasteiger partial charge in [-0.2, -0.15) is 18.3 Å². The molecule has 1 aromatic carbocycles. The van der Waals surface area contributed by atoms with Crippen LogP contribution in [0.25, 0.3) is 0 Å². The minimum Gasteiger partial charge on any atom is -0.345 e. The Hall–Kier alpha value is -4.10. The normalized spacial score (nSPS) is 22.6. The number of benzene rings is 1. The molecule has 1 saturated heterocycles. The van der Waals surface area contributed by atoms with E-state index in [9.17, 15) is 32.3 Å². The summed E-state index contributed by atoms with van der Waals surface area (Å²) < 4.78 is 40.7. The molecule has 0 spiro atoms. The van der Waals surface area contributed by atoms with Gasteiger partial charge < -0.3 is 26.2 Å². The molecule has 1 unspecified atom stereocenters. The van der Waals surface area contributed by atoms with Crippen LogP contribution in [0.2, 0.25) is 0 Å². The molecular formula is C31H40F3N7O4. The number of alkyl halides is 3. The number of nitrogens with zero attached hydrogens (tertiary/aromatic N) is 3. The van der Waals surface area contributed by atoms with E-state index >= 15 is 0 Å². The van der Waals surface area contributed by atoms with E-state index in [1.807, 2.05) is 19.2 Å². The molecule has 1 saturated carbocycles. The van der Waals surface area contributed by atoms with Crippen molar-refractivity contribution in [2.75, 3.05) is 18.4 Å². The highest BCUT2D eigenvalue weighted by Crippen LogP contribution is 2.39. The van der Waals surface area contributed by atoms with Gasteiger partial charge in [0.25, 0.3) is 5.91 Å². The van der Waals surface area contributed by atoms with Crippen LogP contribution < -0.4 is 21.3 Å². The summed E-state index contributed by atoms with van der Waals surface area (Å²) in [5.74, 6) is -1.68. The Bertz CT molecular complexity index is 1450. The summed E-state index contributed by atoms with van der Waals surface area (Å²) in [6.45, 7) is 2.50. The molecule has 5 amide bonds. The second-order valence-corrected chi connectivity index (χ2v) is 12.8. The number of hydrogen-bond donors (Lipinski definition) is 4. The minimum atomic E-state index is -4.62. The third kappa shape index (κ3) is 6.94. The SMILES string of the molecule is CC(C)[C@@H]1CN(C2(C(=O)NCC(F)(F)F)Cc3ccc(NC(=O)[C@@H](NC(=O)c4ccnn4C)C4CCCCC4)cc3C2)C(=O)N1. The third-order valence-electron chi connectivity index (χ3n) is 9.31. The predicted octanol–water partition coefficient (Wildman–Crippen LogP) is 3.30. The number of fused-ring (bicyclic) bond motifs is 1. The second kappa shape index (κ2) is 12.7. The van der Waals surface area contributed by atoms with Crippen LogP contribution in [0.15, 0.2) is 30.5 Å². The lowest BCUT2D eigenvalue weighted by Gasteiger charge is -2.36. The monoisotopic (exact) mass is 631 g/mol. The summed E-state index contributed by atoms with van der Waals surface area (Å²) in [4.78, 5) is 54.7. The number of aryl methyl sites for hydroxylation is 1. The summed E-state index contributed by atoms with van der Waals surface area (Å²) >= 11 is 0. The first-order chi connectivity index (χ1) is 21.3. The van der Waals surface area contributed by atoms with Crippen LogP contribution in [-0.4, -0.2) is 75.3 Å². The quantitative estimate of drug-likeness (QED) is 0.337. The molecule has 1 aliphatic heterocycles. The van der Waals surface area contributed by atoms with E-state index in [-0.39, 0.29) is 43.2 Å². The molecule has 0 radical (unpaired) electrons. The fraction of sp³-hybridized carbons (Fsp3) is 0.581. The summed E-state index contributed by atoms with van der Waals surface area (Å²) in [6.07, 6.45) is 1.46. The Morgan fingerprint density at radius 1 is 1.09 bits per heavy atom. The average molecular weight is 632 g/mol. The number of nitrogens with one attached hydrogen (secondary N) is 4. The van der Waals surface area contributed by atoms with E-state index in [2.05, 4.69) is 21.0 Å². The Labute approximate surface area is 259 Å². The molecular weight excluding hydrogens is 591 g/mol. The Balaban J connectivity index is 1.37. The zero-order chi connectivity index (χ0) is 32.5. The van der Waals surface area contributed by atoms with Gasteiger partial charge in [-0.05, 0) is 54.0 Å². The molecule has 3 atom stereocenters.